The van der Waals surface area contributed by atoms with E-state index in [1.54, 1.807) is 35.6 Å². The minimum absolute atomic E-state index is 0.0789. The zero-order chi connectivity index (χ0) is 16.8. The highest BCUT2D eigenvalue weighted by atomic mass is 19.1. The van der Waals surface area contributed by atoms with Crippen LogP contribution in [0.4, 0.5) is 4.39 Å². The molecule has 1 atom stereocenters. The first kappa shape index (κ1) is 16.2. The van der Waals surface area contributed by atoms with Gasteiger partial charge < -0.3 is 14.4 Å². The lowest BCUT2D eigenvalue weighted by Crippen LogP contribution is -2.46. The van der Waals surface area contributed by atoms with Gasteiger partial charge in [-0.3, -0.25) is 9.78 Å². The summed E-state index contributed by atoms with van der Waals surface area (Å²) in [5.74, 6) is -0.145. The molecule has 1 unspecified atom stereocenters. The molecule has 1 aromatic heterocycles. The molecule has 2 heterocycles. The van der Waals surface area contributed by atoms with Crippen LogP contribution in [-0.4, -0.2) is 46.6 Å². The van der Waals surface area contributed by atoms with E-state index in [2.05, 4.69) is 9.97 Å². The number of piperidine rings is 1. The van der Waals surface area contributed by atoms with Crippen molar-refractivity contribution >= 4 is 5.91 Å². The van der Waals surface area contributed by atoms with Crippen LogP contribution in [0.5, 0.6) is 11.6 Å². The number of rotatable bonds is 5. The van der Waals surface area contributed by atoms with Gasteiger partial charge in [0, 0.05) is 18.9 Å². The summed E-state index contributed by atoms with van der Waals surface area (Å²) >= 11 is 0. The molecule has 1 saturated heterocycles. The predicted molar refractivity (Wildman–Crippen MR) is 84.2 cm³/mol. The van der Waals surface area contributed by atoms with E-state index in [1.807, 2.05) is 0 Å². The third-order valence-electron chi connectivity index (χ3n) is 3.75. The maximum atomic E-state index is 13.5. The fourth-order valence-corrected chi connectivity index (χ4v) is 2.57. The first-order valence-electron chi connectivity index (χ1n) is 7.80. The standard InChI is InChI=1S/C17H18FN3O3/c18-14-5-1-2-6-15(14)23-12-17(22)21-9-3-4-13(11-21)24-16-10-19-7-8-20-16/h1-2,5-8,10,13H,3-4,9,11-12H2. The van der Waals surface area contributed by atoms with E-state index in [1.165, 1.54) is 12.1 Å². The van der Waals surface area contributed by atoms with Gasteiger partial charge in [-0.2, -0.15) is 0 Å². The number of ether oxygens (including phenoxy) is 2. The molecule has 1 amide bonds. The summed E-state index contributed by atoms with van der Waals surface area (Å²) in [7, 11) is 0. The van der Waals surface area contributed by atoms with Crippen molar-refractivity contribution in [3.63, 3.8) is 0 Å². The molecule has 1 aliphatic rings. The van der Waals surface area contributed by atoms with Crippen molar-refractivity contribution < 1.29 is 18.7 Å². The number of carbonyl (C=O) groups is 1. The Balaban J connectivity index is 1.52. The van der Waals surface area contributed by atoms with Crippen LogP contribution in [-0.2, 0) is 4.79 Å². The average Bonchev–Trinajstić information content (AvgIpc) is 2.62. The molecule has 0 bridgehead atoms. The Morgan fingerprint density at radius 3 is 3.00 bits per heavy atom. The van der Waals surface area contributed by atoms with Gasteiger partial charge >= 0.3 is 0 Å². The summed E-state index contributed by atoms with van der Waals surface area (Å²) < 4.78 is 24.5. The SMILES string of the molecule is O=C(COc1ccccc1F)N1CCCC(Oc2cnccn2)C1. The summed E-state index contributed by atoms with van der Waals surface area (Å²) in [6, 6.07) is 6.03. The average molecular weight is 331 g/mol. The van der Waals surface area contributed by atoms with Crippen molar-refractivity contribution in [2.75, 3.05) is 19.7 Å². The van der Waals surface area contributed by atoms with Gasteiger partial charge in [-0.15, -0.1) is 0 Å². The lowest BCUT2D eigenvalue weighted by Gasteiger charge is -2.32. The van der Waals surface area contributed by atoms with Gasteiger partial charge in [0.25, 0.3) is 5.91 Å². The number of benzene rings is 1. The van der Waals surface area contributed by atoms with Crippen LogP contribution < -0.4 is 9.47 Å². The van der Waals surface area contributed by atoms with E-state index < -0.39 is 5.82 Å². The van der Waals surface area contributed by atoms with Crippen molar-refractivity contribution in [1.82, 2.24) is 14.9 Å². The molecule has 24 heavy (non-hydrogen) atoms. The van der Waals surface area contributed by atoms with Gasteiger partial charge in [-0.05, 0) is 25.0 Å². The molecule has 0 N–H and O–H groups in total. The summed E-state index contributed by atoms with van der Waals surface area (Å²) in [6.45, 7) is 0.897. The lowest BCUT2D eigenvalue weighted by molar-refractivity contribution is -0.136. The first-order valence-corrected chi connectivity index (χ1v) is 7.80. The van der Waals surface area contributed by atoms with Gasteiger partial charge in [0.1, 0.15) is 6.10 Å². The second kappa shape index (κ2) is 7.72. The van der Waals surface area contributed by atoms with Crippen molar-refractivity contribution in [1.29, 1.82) is 0 Å². The maximum Gasteiger partial charge on any atom is 0.260 e. The highest BCUT2D eigenvalue weighted by Gasteiger charge is 2.25. The number of halogens is 1. The van der Waals surface area contributed by atoms with Crippen LogP contribution in [0.25, 0.3) is 0 Å². The summed E-state index contributed by atoms with van der Waals surface area (Å²) in [5.41, 5.74) is 0. The molecule has 6 nitrogen and oxygen atoms in total. The number of hydrogen-bond acceptors (Lipinski definition) is 5. The van der Waals surface area contributed by atoms with Crippen molar-refractivity contribution in [2.24, 2.45) is 0 Å². The number of para-hydroxylation sites is 1. The molecule has 0 spiro atoms. The van der Waals surface area contributed by atoms with E-state index in [-0.39, 0.29) is 24.4 Å². The summed E-state index contributed by atoms with van der Waals surface area (Å²) in [5, 5.41) is 0. The zero-order valence-electron chi connectivity index (χ0n) is 13.1. The van der Waals surface area contributed by atoms with Crippen LogP contribution in [0.15, 0.2) is 42.9 Å². The first-order chi connectivity index (χ1) is 11.7. The smallest absolute Gasteiger partial charge is 0.260 e. The van der Waals surface area contributed by atoms with Crippen molar-refractivity contribution in [3.05, 3.63) is 48.7 Å². The largest absolute Gasteiger partial charge is 0.481 e. The highest BCUT2D eigenvalue weighted by molar-refractivity contribution is 5.77. The molecule has 0 radical (unpaired) electrons. The predicted octanol–water partition coefficient (Wildman–Crippen LogP) is 2.06. The zero-order valence-corrected chi connectivity index (χ0v) is 13.1. The fraction of sp³-hybridized carbons (Fsp3) is 0.353. The van der Waals surface area contributed by atoms with E-state index in [9.17, 15) is 9.18 Å². The Hall–Kier alpha value is -2.70. The van der Waals surface area contributed by atoms with Gasteiger partial charge in [0.05, 0.1) is 12.7 Å². The van der Waals surface area contributed by atoms with Gasteiger partial charge in [0.15, 0.2) is 18.2 Å². The van der Waals surface area contributed by atoms with Crippen molar-refractivity contribution in [2.45, 2.75) is 18.9 Å². The number of amides is 1. The number of nitrogens with zero attached hydrogens (tertiary/aromatic N) is 3. The Bertz CT molecular complexity index is 684. The second-order valence-corrected chi connectivity index (χ2v) is 5.48. The molecular formula is C17H18FN3O3. The Morgan fingerprint density at radius 1 is 1.33 bits per heavy atom. The second-order valence-electron chi connectivity index (χ2n) is 5.48. The number of likely N-dealkylation sites (tertiary alicyclic amines) is 1. The van der Waals surface area contributed by atoms with E-state index in [4.69, 9.17) is 9.47 Å². The minimum atomic E-state index is -0.479. The Kier molecular flexibility index (Phi) is 5.20. The quantitative estimate of drug-likeness (QED) is 0.839. The molecule has 1 aliphatic heterocycles. The molecule has 2 aromatic rings. The van der Waals surface area contributed by atoms with Crippen LogP contribution in [0.3, 0.4) is 0 Å². The third kappa shape index (κ3) is 4.18. The van der Waals surface area contributed by atoms with E-state index >= 15 is 0 Å². The molecule has 0 saturated carbocycles. The monoisotopic (exact) mass is 331 g/mol. The Labute approximate surface area is 139 Å². The highest BCUT2D eigenvalue weighted by Crippen LogP contribution is 2.18. The van der Waals surface area contributed by atoms with Gasteiger partial charge in [-0.25, -0.2) is 9.37 Å². The van der Waals surface area contributed by atoms with Crippen molar-refractivity contribution in [3.8, 4) is 11.6 Å². The maximum absolute atomic E-state index is 13.5. The summed E-state index contributed by atoms with van der Waals surface area (Å²) in [6.07, 6.45) is 6.22. The van der Waals surface area contributed by atoms with Crippen LogP contribution in [0, 0.1) is 5.82 Å². The Morgan fingerprint density at radius 2 is 2.21 bits per heavy atom. The van der Waals surface area contributed by atoms with E-state index in [0.29, 0.717) is 19.0 Å². The van der Waals surface area contributed by atoms with Gasteiger partial charge in [0.2, 0.25) is 5.88 Å². The van der Waals surface area contributed by atoms with Crippen LogP contribution in [0.1, 0.15) is 12.8 Å². The molecule has 0 aliphatic carbocycles. The van der Waals surface area contributed by atoms with Crippen LogP contribution in [0.2, 0.25) is 0 Å². The number of aromatic nitrogens is 2. The lowest BCUT2D eigenvalue weighted by atomic mass is 10.1. The van der Waals surface area contributed by atoms with E-state index in [0.717, 1.165) is 12.8 Å². The molecule has 7 heteroatoms. The number of hydrogen-bond donors (Lipinski definition) is 0. The van der Waals surface area contributed by atoms with Crippen LogP contribution >= 0.6 is 0 Å². The molecule has 1 fully saturated rings. The molecule has 3 rings (SSSR count). The molecule has 1 aromatic carbocycles. The number of carbonyl (C=O) groups excluding carboxylic acids is 1. The topological polar surface area (TPSA) is 64.5 Å². The molecule has 126 valence electrons. The fourth-order valence-electron chi connectivity index (χ4n) is 2.57. The normalized spacial score (nSPS) is 17.4. The minimum Gasteiger partial charge on any atom is -0.481 e. The molecular weight excluding hydrogens is 313 g/mol. The summed E-state index contributed by atoms with van der Waals surface area (Å²) in [4.78, 5) is 22.0. The van der Waals surface area contributed by atoms with Gasteiger partial charge in [-0.1, -0.05) is 12.1 Å². The third-order valence-corrected chi connectivity index (χ3v) is 3.75.